The summed E-state index contributed by atoms with van der Waals surface area (Å²) >= 11 is 1.22. The van der Waals surface area contributed by atoms with Gasteiger partial charge in [0.25, 0.3) is 0 Å². The quantitative estimate of drug-likeness (QED) is 0.560. The Labute approximate surface area is 126 Å². The first-order valence-corrected chi connectivity index (χ1v) is 7.53. The lowest BCUT2D eigenvalue weighted by Crippen LogP contribution is -2.23. The highest BCUT2D eigenvalue weighted by atomic mass is 32.2. The summed E-state index contributed by atoms with van der Waals surface area (Å²) in [7, 11) is 0. The molecule has 1 aromatic carbocycles. The van der Waals surface area contributed by atoms with Crippen molar-refractivity contribution in [2.75, 3.05) is 23.4 Å². The lowest BCUT2D eigenvalue weighted by atomic mass is 10.2. The Morgan fingerprint density at radius 3 is 2.48 bits per heavy atom. The average molecular weight is 310 g/mol. The van der Waals surface area contributed by atoms with E-state index in [1.54, 1.807) is 31.2 Å². The molecular formula is C14H16NO5S-. The van der Waals surface area contributed by atoms with E-state index < -0.39 is 11.9 Å². The molecule has 0 saturated carbocycles. The summed E-state index contributed by atoms with van der Waals surface area (Å²) in [4.78, 5) is 33.2. The van der Waals surface area contributed by atoms with Crippen LogP contribution in [-0.4, -0.2) is 36.0 Å². The normalized spacial score (nSPS) is 9.95. The summed E-state index contributed by atoms with van der Waals surface area (Å²) < 4.78 is 4.85. The van der Waals surface area contributed by atoms with Gasteiger partial charge < -0.3 is 20.0 Å². The highest BCUT2D eigenvalue weighted by Crippen LogP contribution is 2.11. The third-order valence-corrected chi connectivity index (χ3v) is 3.32. The highest BCUT2D eigenvalue weighted by Gasteiger charge is 2.07. The van der Waals surface area contributed by atoms with E-state index in [2.05, 4.69) is 5.32 Å². The van der Waals surface area contributed by atoms with E-state index in [4.69, 9.17) is 4.74 Å². The Balaban J connectivity index is 2.39. The molecule has 1 rings (SSSR count). The lowest BCUT2D eigenvalue weighted by molar-refractivity contribution is -0.305. The number of hydrogen-bond donors (Lipinski definition) is 1. The van der Waals surface area contributed by atoms with Crippen molar-refractivity contribution in [3.63, 3.8) is 0 Å². The van der Waals surface area contributed by atoms with Gasteiger partial charge in [0.2, 0.25) is 5.91 Å². The third-order valence-electron chi connectivity index (χ3n) is 2.36. The molecule has 0 unspecified atom stereocenters. The molecule has 0 fully saturated rings. The van der Waals surface area contributed by atoms with E-state index >= 15 is 0 Å². The zero-order valence-corrected chi connectivity index (χ0v) is 12.4. The van der Waals surface area contributed by atoms with Gasteiger partial charge in [0.05, 0.1) is 17.9 Å². The molecule has 6 nitrogen and oxygen atoms in total. The third kappa shape index (κ3) is 6.80. The number of anilines is 1. The number of carbonyl (C=O) groups is 3. The Morgan fingerprint density at radius 1 is 1.24 bits per heavy atom. The number of rotatable bonds is 8. The number of aliphatic carboxylic acids is 1. The van der Waals surface area contributed by atoms with E-state index in [9.17, 15) is 19.5 Å². The van der Waals surface area contributed by atoms with Gasteiger partial charge in [0, 0.05) is 11.7 Å². The molecule has 0 atom stereocenters. The summed E-state index contributed by atoms with van der Waals surface area (Å²) in [6.45, 7) is 2.03. The van der Waals surface area contributed by atoms with Crippen LogP contribution in [0.5, 0.6) is 0 Å². The van der Waals surface area contributed by atoms with Crippen LogP contribution in [0.3, 0.4) is 0 Å². The van der Waals surface area contributed by atoms with E-state index in [1.165, 1.54) is 11.8 Å². The largest absolute Gasteiger partial charge is 0.550 e. The van der Waals surface area contributed by atoms with Gasteiger partial charge in [-0.1, -0.05) is 0 Å². The molecule has 0 aliphatic carbocycles. The van der Waals surface area contributed by atoms with Crippen molar-refractivity contribution in [2.24, 2.45) is 0 Å². The van der Waals surface area contributed by atoms with Crippen LogP contribution in [0.25, 0.3) is 0 Å². The Hall–Kier alpha value is -2.02. The van der Waals surface area contributed by atoms with Gasteiger partial charge in [-0.3, -0.25) is 4.79 Å². The minimum Gasteiger partial charge on any atom is -0.550 e. The average Bonchev–Trinajstić information content (AvgIpc) is 2.44. The number of thioether (sulfide) groups is 1. The monoisotopic (exact) mass is 310 g/mol. The fourth-order valence-corrected chi connectivity index (χ4v) is 2.13. The smallest absolute Gasteiger partial charge is 0.338 e. The molecule has 0 heterocycles. The maximum absolute atomic E-state index is 11.6. The second-order valence-corrected chi connectivity index (χ2v) is 5.13. The molecule has 0 radical (unpaired) electrons. The van der Waals surface area contributed by atoms with Crippen LogP contribution in [0.4, 0.5) is 5.69 Å². The number of esters is 1. The molecule has 0 aliphatic rings. The summed E-state index contributed by atoms with van der Waals surface area (Å²) in [6.07, 6.45) is -0.0772. The SMILES string of the molecule is CCOC(=O)c1ccc(NC(=O)CSCCC(=O)[O-])cc1. The van der Waals surface area contributed by atoms with Crippen molar-refractivity contribution in [1.29, 1.82) is 0 Å². The maximum Gasteiger partial charge on any atom is 0.338 e. The first-order valence-electron chi connectivity index (χ1n) is 6.37. The van der Waals surface area contributed by atoms with Crippen LogP contribution < -0.4 is 10.4 Å². The summed E-state index contributed by atoms with van der Waals surface area (Å²) in [6, 6.07) is 6.35. The number of hydrogen-bond acceptors (Lipinski definition) is 6. The second kappa shape index (κ2) is 9.02. The molecule has 0 spiro atoms. The van der Waals surface area contributed by atoms with Gasteiger partial charge in [-0.05, 0) is 43.4 Å². The molecule has 1 N–H and O–H groups in total. The summed E-state index contributed by atoms with van der Waals surface area (Å²) in [5.41, 5.74) is 0.978. The van der Waals surface area contributed by atoms with Crippen LogP contribution in [0.1, 0.15) is 23.7 Å². The minimum atomic E-state index is -1.13. The zero-order valence-electron chi connectivity index (χ0n) is 11.6. The summed E-state index contributed by atoms with van der Waals surface area (Å²) in [5, 5.41) is 12.9. The van der Waals surface area contributed by atoms with Crippen LogP contribution in [-0.2, 0) is 14.3 Å². The first-order chi connectivity index (χ1) is 10.0. The second-order valence-electron chi connectivity index (χ2n) is 4.02. The number of carboxylic acids is 1. The number of ether oxygens (including phenoxy) is 1. The molecular weight excluding hydrogens is 294 g/mol. The van der Waals surface area contributed by atoms with Crippen molar-refractivity contribution in [1.82, 2.24) is 0 Å². The topological polar surface area (TPSA) is 95.5 Å². The van der Waals surface area contributed by atoms with Crippen molar-refractivity contribution in [3.05, 3.63) is 29.8 Å². The van der Waals surface area contributed by atoms with Crippen LogP contribution in [0.2, 0.25) is 0 Å². The van der Waals surface area contributed by atoms with E-state index in [-0.39, 0.29) is 18.1 Å². The standard InChI is InChI=1S/C14H17NO5S/c1-2-20-14(19)10-3-5-11(6-4-10)15-12(16)9-21-8-7-13(17)18/h3-6H,2,7-9H2,1H3,(H,15,16)(H,17,18)/p-1. The van der Waals surface area contributed by atoms with Crippen molar-refractivity contribution < 1.29 is 24.2 Å². The minimum absolute atomic E-state index is 0.0772. The van der Waals surface area contributed by atoms with Crippen LogP contribution in [0, 0.1) is 0 Å². The molecule has 114 valence electrons. The highest BCUT2D eigenvalue weighted by molar-refractivity contribution is 7.99. The van der Waals surface area contributed by atoms with Gasteiger partial charge in [-0.25, -0.2) is 4.79 Å². The van der Waals surface area contributed by atoms with Crippen molar-refractivity contribution in [3.8, 4) is 0 Å². The predicted octanol–water partition coefficient (Wildman–Crippen LogP) is 0.675. The summed E-state index contributed by atoms with van der Waals surface area (Å²) in [5.74, 6) is -1.28. The lowest BCUT2D eigenvalue weighted by Gasteiger charge is -2.07. The molecule has 0 aliphatic heterocycles. The molecule has 0 bridgehead atoms. The molecule has 1 amide bonds. The molecule has 21 heavy (non-hydrogen) atoms. The van der Waals surface area contributed by atoms with Gasteiger partial charge in [-0.2, -0.15) is 11.8 Å². The van der Waals surface area contributed by atoms with Crippen molar-refractivity contribution >= 4 is 35.3 Å². The number of benzene rings is 1. The Kier molecular flexibility index (Phi) is 7.31. The van der Waals surface area contributed by atoms with Gasteiger partial charge in [-0.15, -0.1) is 0 Å². The molecule has 0 aromatic heterocycles. The predicted molar refractivity (Wildman–Crippen MR) is 78.0 cm³/mol. The molecule has 1 aromatic rings. The number of carbonyl (C=O) groups excluding carboxylic acids is 3. The molecule has 7 heteroatoms. The Morgan fingerprint density at radius 2 is 1.90 bits per heavy atom. The first kappa shape index (κ1) is 17.0. The molecule has 0 saturated heterocycles. The van der Waals surface area contributed by atoms with Gasteiger partial charge in [0.15, 0.2) is 0 Å². The fourth-order valence-electron chi connectivity index (χ4n) is 1.42. The van der Waals surface area contributed by atoms with E-state index in [1.807, 2.05) is 0 Å². The Bertz CT molecular complexity index is 501. The van der Waals surface area contributed by atoms with E-state index in [0.29, 0.717) is 23.6 Å². The van der Waals surface area contributed by atoms with Crippen LogP contribution >= 0.6 is 11.8 Å². The van der Waals surface area contributed by atoms with Crippen molar-refractivity contribution in [2.45, 2.75) is 13.3 Å². The van der Waals surface area contributed by atoms with Gasteiger partial charge >= 0.3 is 5.97 Å². The van der Waals surface area contributed by atoms with E-state index in [0.717, 1.165) is 0 Å². The fraction of sp³-hybridized carbons (Fsp3) is 0.357. The zero-order chi connectivity index (χ0) is 15.7. The number of amides is 1. The number of nitrogens with one attached hydrogen (secondary N) is 1. The van der Waals surface area contributed by atoms with Crippen LogP contribution in [0.15, 0.2) is 24.3 Å². The number of carboxylic acid groups (broad SMARTS) is 1. The van der Waals surface area contributed by atoms with Gasteiger partial charge in [0.1, 0.15) is 0 Å². The maximum atomic E-state index is 11.6.